The summed E-state index contributed by atoms with van der Waals surface area (Å²) in [6.45, 7) is 0.471. The number of primary amides is 1. The largest absolute Gasteiger partial charge is 0.497 e. The Kier molecular flexibility index (Phi) is 8.04. The number of benzene rings is 2. The van der Waals surface area contributed by atoms with Crippen LogP contribution in [0.1, 0.15) is 11.1 Å². The molecule has 0 aliphatic carbocycles. The molecule has 6 N–H and O–H groups in total. The lowest BCUT2D eigenvalue weighted by atomic mass is 10.1. The average Bonchev–Trinajstić information content (AvgIpc) is 2.70. The third-order valence-electron chi connectivity index (χ3n) is 3.83. The normalized spacial score (nSPS) is 11.0. The number of thiocarbonyl (C=S) groups is 1. The third-order valence-corrected chi connectivity index (χ3v) is 4.07. The molecule has 0 bridgehead atoms. The molecule has 3 amide bonds. The van der Waals surface area contributed by atoms with Crippen molar-refractivity contribution in [3.63, 3.8) is 0 Å². The number of nitrogens with two attached hydrogens (primary N) is 1. The predicted octanol–water partition coefficient (Wildman–Crippen LogP) is 0.970. The predicted molar refractivity (Wildman–Crippen MR) is 110 cm³/mol. The van der Waals surface area contributed by atoms with Crippen LogP contribution in [-0.4, -0.2) is 30.2 Å². The minimum Gasteiger partial charge on any atom is -0.497 e. The van der Waals surface area contributed by atoms with Crippen LogP contribution in [-0.2, 0) is 17.8 Å². The van der Waals surface area contributed by atoms with Crippen LogP contribution in [0, 0.1) is 0 Å². The van der Waals surface area contributed by atoms with Crippen molar-refractivity contribution in [1.82, 2.24) is 21.5 Å². The lowest BCUT2D eigenvalue weighted by Gasteiger charge is -2.18. The summed E-state index contributed by atoms with van der Waals surface area (Å²) in [5, 5.41) is 5.64. The highest BCUT2D eigenvalue weighted by Crippen LogP contribution is 2.10. The van der Waals surface area contributed by atoms with E-state index in [1.165, 1.54) is 0 Å². The van der Waals surface area contributed by atoms with Crippen molar-refractivity contribution in [2.24, 2.45) is 5.73 Å². The van der Waals surface area contributed by atoms with Crippen molar-refractivity contribution >= 4 is 29.3 Å². The Morgan fingerprint density at radius 1 is 1.04 bits per heavy atom. The summed E-state index contributed by atoms with van der Waals surface area (Å²) in [7, 11) is 1.60. The molecule has 0 fully saturated rings. The highest BCUT2D eigenvalue weighted by Gasteiger charge is 2.20. The summed E-state index contributed by atoms with van der Waals surface area (Å²) in [5.41, 5.74) is 12.2. The molecule has 0 aromatic heterocycles. The fraction of sp³-hybridized carbons (Fsp3) is 0.211. The molecule has 0 aliphatic rings. The van der Waals surface area contributed by atoms with Gasteiger partial charge in [-0.2, -0.15) is 0 Å². The van der Waals surface area contributed by atoms with E-state index in [-0.39, 0.29) is 5.11 Å². The highest BCUT2D eigenvalue weighted by atomic mass is 32.1. The van der Waals surface area contributed by atoms with Crippen molar-refractivity contribution in [3.05, 3.63) is 65.7 Å². The van der Waals surface area contributed by atoms with Gasteiger partial charge in [-0.25, -0.2) is 4.79 Å². The summed E-state index contributed by atoms with van der Waals surface area (Å²) < 4.78 is 5.11. The molecule has 0 radical (unpaired) electrons. The smallest absolute Gasteiger partial charge is 0.312 e. The van der Waals surface area contributed by atoms with Crippen LogP contribution in [0.5, 0.6) is 5.75 Å². The number of ether oxygens (including phenoxy) is 1. The maximum absolute atomic E-state index is 12.4. The van der Waals surface area contributed by atoms with Crippen LogP contribution in [0.15, 0.2) is 54.6 Å². The summed E-state index contributed by atoms with van der Waals surface area (Å²) in [5.74, 6) is 0.305. The second-order valence-corrected chi connectivity index (χ2v) is 6.30. The van der Waals surface area contributed by atoms with Gasteiger partial charge in [-0.15, -0.1) is 0 Å². The maximum Gasteiger partial charge on any atom is 0.312 e. The summed E-state index contributed by atoms with van der Waals surface area (Å²) in [6, 6.07) is 15.2. The molecule has 148 valence electrons. The molecule has 0 spiro atoms. The number of hydrazine groups is 1. The van der Waals surface area contributed by atoms with Gasteiger partial charge in [0.15, 0.2) is 5.11 Å². The topological polar surface area (TPSA) is 118 Å². The second kappa shape index (κ2) is 10.7. The summed E-state index contributed by atoms with van der Waals surface area (Å²) >= 11 is 5.15. The van der Waals surface area contributed by atoms with E-state index in [9.17, 15) is 9.59 Å². The number of amides is 3. The second-order valence-electron chi connectivity index (χ2n) is 5.90. The Bertz CT molecular complexity index is 799. The van der Waals surface area contributed by atoms with Crippen LogP contribution >= 0.6 is 12.2 Å². The first-order valence-electron chi connectivity index (χ1n) is 8.54. The van der Waals surface area contributed by atoms with Crippen molar-refractivity contribution < 1.29 is 14.3 Å². The Hall–Kier alpha value is -3.33. The fourth-order valence-electron chi connectivity index (χ4n) is 2.41. The van der Waals surface area contributed by atoms with Crippen molar-refractivity contribution in [2.75, 3.05) is 7.11 Å². The molecule has 0 aliphatic heterocycles. The first-order chi connectivity index (χ1) is 13.5. The van der Waals surface area contributed by atoms with Gasteiger partial charge in [0.1, 0.15) is 11.8 Å². The number of nitrogens with one attached hydrogen (secondary N) is 4. The van der Waals surface area contributed by atoms with Gasteiger partial charge < -0.3 is 21.1 Å². The number of urea groups is 1. The standard InChI is InChI=1S/C19H23N5O3S/c1-27-15-9-7-14(8-10-15)12-21-19(28)24-23-17(25)16(22-18(20)26)11-13-5-3-2-4-6-13/h2-10,16H,11-12H2,1H3,(H,23,25)(H3,20,22,26)(H2,21,24,28). The minimum atomic E-state index is -0.836. The van der Waals surface area contributed by atoms with E-state index in [1.54, 1.807) is 7.11 Å². The van der Waals surface area contributed by atoms with Crippen LogP contribution in [0.2, 0.25) is 0 Å². The fourth-order valence-corrected chi connectivity index (χ4v) is 2.53. The lowest BCUT2D eigenvalue weighted by Crippen LogP contribution is -2.55. The molecular weight excluding hydrogens is 378 g/mol. The first kappa shape index (κ1) is 21.0. The number of carbonyl (C=O) groups excluding carboxylic acids is 2. The Labute approximate surface area is 168 Å². The average molecular weight is 401 g/mol. The molecule has 2 aromatic rings. The van der Waals surface area contributed by atoms with Gasteiger partial charge >= 0.3 is 6.03 Å². The molecule has 28 heavy (non-hydrogen) atoms. The zero-order chi connectivity index (χ0) is 20.4. The van der Waals surface area contributed by atoms with Gasteiger partial charge in [-0.05, 0) is 35.5 Å². The molecule has 0 heterocycles. The summed E-state index contributed by atoms with van der Waals surface area (Å²) in [4.78, 5) is 23.6. The molecule has 9 heteroatoms. The van der Waals surface area contributed by atoms with Crippen LogP contribution < -0.4 is 32.0 Å². The third kappa shape index (κ3) is 7.12. The molecule has 1 atom stereocenters. The van der Waals surface area contributed by atoms with Crippen LogP contribution in [0.25, 0.3) is 0 Å². The van der Waals surface area contributed by atoms with E-state index in [2.05, 4.69) is 21.5 Å². The van der Waals surface area contributed by atoms with Crippen molar-refractivity contribution in [1.29, 1.82) is 0 Å². The summed E-state index contributed by atoms with van der Waals surface area (Å²) in [6.07, 6.45) is 0.295. The number of hydrogen-bond donors (Lipinski definition) is 5. The Morgan fingerprint density at radius 3 is 2.32 bits per heavy atom. The minimum absolute atomic E-state index is 0.238. The first-order valence-corrected chi connectivity index (χ1v) is 8.95. The number of rotatable bonds is 7. The van der Waals surface area contributed by atoms with Crippen LogP contribution in [0.4, 0.5) is 4.79 Å². The van der Waals surface area contributed by atoms with Crippen molar-refractivity contribution in [3.8, 4) is 5.75 Å². The van der Waals surface area contributed by atoms with E-state index in [4.69, 9.17) is 22.7 Å². The van der Waals surface area contributed by atoms with Gasteiger partial charge in [-0.1, -0.05) is 42.5 Å². The van der Waals surface area contributed by atoms with E-state index >= 15 is 0 Å². The van der Waals surface area contributed by atoms with Gasteiger partial charge in [-0.3, -0.25) is 15.6 Å². The Balaban J connectivity index is 1.82. The zero-order valence-electron chi connectivity index (χ0n) is 15.4. The lowest BCUT2D eigenvalue weighted by molar-refractivity contribution is -0.123. The van der Waals surface area contributed by atoms with Gasteiger partial charge in [0, 0.05) is 13.0 Å². The monoisotopic (exact) mass is 401 g/mol. The molecule has 2 aromatic carbocycles. The maximum atomic E-state index is 12.4. The number of carbonyl (C=O) groups is 2. The van der Waals surface area contributed by atoms with E-state index < -0.39 is 18.0 Å². The van der Waals surface area contributed by atoms with Crippen LogP contribution in [0.3, 0.4) is 0 Å². The number of hydrogen-bond acceptors (Lipinski definition) is 4. The van der Waals surface area contributed by atoms with Gasteiger partial charge in [0.25, 0.3) is 5.91 Å². The van der Waals surface area contributed by atoms with E-state index in [0.29, 0.717) is 13.0 Å². The van der Waals surface area contributed by atoms with Gasteiger partial charge in [0.2, 0.25) is 0 Å². The Morgan fingerprint density at radius 2 is 1.71 bits per heavy atom. The van der Waals surface area contributed by atoms with Crippen molar-refractivity contribution in [2.45, 2.75) is 19.0 Å². The van der Waals surface area contributed by atoms with Gasteiger partial charge in [0.05, 0.1) is 7.11 Å². The highest BCUT2D eigenvalue weighted by molar-refractivity contribution is 7.80. The molecule has 2 rings (SSSR count). The molecule has 0 saturated heterocycles. The molecule has 0 saturated carbocycles. The number of methoxy groups -OCH3 is 1. The molecular formula is C19H23N5O3S. The SMILES string of the molecule is COc1ccc(CNC(=S)NNC(=O)C(Cc2ccccc2)NC(N)=O)cc1. The molecule has 8 nitrogen and oxygen atoms in total. The quantitative estimate of drug-likeness (QED) is 0.349. The molecule has 1 unspecified atom stereocenters. The zero-order valence-corrected chi connectivity index (χ0v) is 16.2. The van der Waals surface area contributed by atoms with E-state index in [0.717, 1.165) is 16.9 Å². The van der Waals surface area contributed by atoms with E-state index in [1.807, 2.05) is 54.6 Å².